The third-order valence-corrected chi connectivity index (χ3v) is 3.66. The van der Waals surface area contributed by atoms with E-state index >= 15 is 0 Å². The number of nitro benzene ring substituents is 1. The molecule has 0 aliphatic carbocycles. The highest BCUT2D eigenvalue weighted by Gasteiger charge is 2.30. The molecule has 2 rings (SSSR count). The highest BCUT2D eigenvalue weighted by atomic mass is 16.6. The molecule has 0 amide bonds. The lowest BCUT2D eigenvalue weighted by atomic mass is 10.00. The quantitative estimate of drug-likeness (QED) is 0.471. The number of anilines is 1. The van der Waals surface area contributed by atoms with Crippen LogP contribution in [0.15, 0.2) is 23.8 Å². The topological polar surface area (TPSA) is 99.0 Å². The summed E-state index contributed by atoms with van der Waals surface area (Å²) in [5.74, 6) is -1.02. The average Bonchev–Trinajstić information content (AvgIpc) is 2.57. The molecular formula is C15H16N2O6. The van der Waals surface area contributed by atoms with Crippen molar-refractivity contribution >= 4 is 29.4 Å². The van der Waals surface area contributed by atoms with Gasteiger partial charge in [0.2, 0.25) is 0 Å². The van der Waals surface area contributed by atoms with Crippen LogP contribution in [-0.4, -0.2) is 43.7 Å². The number of benzene rings is 1. The van der Waals surface area contributed by atoms with Gasteiger partial charge in [0.05, 0.1) is 31.3 Å². The van der Waals surface area contributed by atoms with Crippen molar-refractivity contribution in [2.75, 3.05) is 25.7 Å². The second kappa shape index (κ2) is 6.47. The number of hydrogen-bond acceptors (Lipinski definition) is 7. The van der Waals surface area contributed by atoms with E-state index in [0.717, 1.165) is 0 Å². The van der Waals surface area contributed by atoms with Gasteiger partial charge in [0, 0.05) is 23.4 Å². The van der Waals surface area contributed by atoms with E-state index in [0.29, 0.717) is 16.8 Å². The molecule has 0 N–H and O–H groups in total. The number of esters is 2. The number of ether oxygens (including phenoxy) is 2. The zero-order valence-electron chi connectivity index (χ0n) is 12.9. The summed E-state index contributed by atoms with van der Waals surface area (Å²) in [6, 6.07) is 3.60. The van der Waals surface area contributed by atoms with Crippen LogP contribution < -0.4 is 4.90 Å². The monoisotopic (exact) mass is 320 g/mol. The highest BCUT2D eigenvalue weighted by Crippen LogP contribution is 2.33. The molecule has 1 aliphatic heterocycles. The molecule has 0 fully saturated rings. The Morgan fingerprint density at radius 2 is 2.00 bits per heavy atom. The zero-order valence-corrected chi connectivity index (χ0v) is 12.9. The van der Waals surface area contributed by atoms with Crippen LogP contribution in [0.2, 0.25) is 0 Å². The van der Waals surface area contributed by atoms with Gasteiger partial charge < -0.3 is 14.4 Å². The lowest BCUT2D eigenvalue weighted by Gasteiger charge is -2.33. The molecule has 0 aromatic heterocycles. The number of hydrogen-bond donors (Lipinski definition) is 0. The van der Waals surface area contributed by atoms with E-state index in [1.807, 2.05) is 0 Å². The Hall–Kier alpha value is -2.90. The van der Waals surface area contributed by atoms with Crippen LogP contribution in [-0.2, 0) is 19.1 Å². The third kappa shape index (κ3) is 3.15. The number of rotatable bonds is 4. The smallest absolute Gasteiger partial charge is 0.335 e. The van der Waals surface area contributed by atoms with Crippen molar-refractivity contribution in [1.29, 1.82) is 0 Å². The second-order valence-corrected chi connectivity index (χ2v) is 4.99. The maximum atomic E-state index is 11.8. The second-order valence-electron chi connectivity index (χ2n) is 4.99. The van der Waals surface area contributed by atoms with E-state index < -0.39 is 22.9 Å². The first-order chi connectivity index (χ1) is 10.9. The molecule has 0 saturated carbocycles. The number of carbonyl (C=O) groups excluding carboxylic acids is 2. The standard InChI is InChI=1S/C15H16N2O6/c1-9(14(18)22-2)16-8-11(15(19)23-3)6-10-7-12(17(20)21)4-5-13(10)16/h4-7,9H,8H2,1-3H3/t9-/m0/s1. The first kappa shape index (κ1) is 16.5. The molecule has 1 atom stereocenters. The van der Waals surface area contributed by atoms with Gasteiger partial charge >= 0.3 is 11.9 Å². The minimum atomic E-state index is -0.659. The average molecular weight is 320 g/mol. The van der Waals surface area contributed by atoms with Gasteiger partial charge in [-0.25, -0.2) is 9.59 Å². The van der Waals surface area contributed by atoms with Gasteiger partial charge in [-0.15, -0.1) is 0 Å². The molecule has 8 nitrogen and oxygen atoms in total. The van der Waals surface area contributed by atoms with Gasteiger partial charge in [-0.3, -0.25) is 10.1 Å². The molecule has 0 unspecified atom stereocenters. The first-order valence-corrected chi connectivity index (χ1v) is 6.80. The zero-order chi connectivity index (χ0) is 17.1. The summed E-state index contributed by atoms with van der Waals surface area (Å²) in [4.78, 5) is 35.7. The van der Waals surface area contributed by atoms with Crippen LogP contribution >= 0.6 is 0 Å². The minimum Gasteiger partial charge on any atom is -0.467 e. The van der Waals surface area contributed by atoms with Crippen molar-refractivity contribution in [3.05, 3.63) is 39.4 Å². The van der Waals surface area contributed by atoms with Crippen LogP contribution in [0, 0.1) is 10.1 Å². The lowest BCUT2D eigenvalue weighted by molar-refractivity contribution is -0.384. The Labute approximate surface area is 132 Å². The van der Waals surface area contributed by atoms with Crippen molar-refractivity contribution in [2.24, 2.45) is 0 Å². The Morgan fingerprint density at radius 3 is 2.57 bits per heavy atom. The maximum Gasteiger partial charge on any atom is 0.335 e. The SMILES string of the molecule is COC(=O)C1=Cc2cc([N+](=O)[O-])ccc2N([C@@H](C)C(=O)OC)C1. The summed E-state index contributed by atoms with van der Waals surface area (Å²) in [7, 11) is 2.52. The predicted molar refractivity (Wildman–Crippen MR) is 81.9 cm³/mol. The minimum absolute atomic E-state index is 0.100. The number of nitro groups is 1. The maximum absolute atomic E-state index is 11.8. The Balaban J connectivity index is 2.53. The van der Waals surface area contributed by atoms with Crippen LogP contribution in [0.5, 0.6) is 0 Å². The normalized spacial score (nSPS) is 14.4. The van der Waals surface area contributed by atoms with E-state index in [-0.39, 0.29) is 12.2 Å². The highest BCUT2D eigenvalue weighted by molar-refractivity contribution is 5.98. The Bertz CT molecular complexity index is 697. The molecule has 0 radical (unpaired) electrons. The first-order valence-electron chi connectivity index (χ1n) is 6.80. The van der Waals surface area contributed by atoms with Gasteiger partial charge in [0.25, 0.3) is 5.69 Å². The van der Waals surface area contributed by atoms with Crippen LogP contribution in [0.3, 0.4) is 0 Å². The third-order valence-electron chi connectivity index (χ3n) is 3.66. The molecule has 1 heterocycles. The summed E-state index contributed by atoms with van der Waals surface area (Å²) in [6.07, 6.45) is 1.54. The number of carbonyl (C=O) groups is 2. The Kier molecular flexibility index (Phi) is 4.63. The molecule has 122 valence electrons. The van der Waals surface area contributed by atoms with Crippen LogP contribution in [0.25, 0.3) is 6.08 Å². The summed E-state index contributed by atoms with van der Waals surface area (Å²) < 4.78 is 9.45. The summed E-state index contributed by atoms with van der Waals surface area (Å²) in [6.45, 7) is 1.78. The fraction of sp³-hybridized carbons (Fsp3) is 0.333. The van der Waals surface area contributed by atoms with E-state index in [9.17, 15) is 19.7 Å². The summed E-state index contributed by atoms with van der Waals surface area (Å²) in [5.41, 5.74) is 1.29. The number of non-ortho nitro benzene ring substituents is 1. The van der Waals surface area contributed by atoms with Gasteiger partial charge in [0.1, 0.15) is 6.04 Å². The van der Waals surface area contributed by atoms with Gasteiger partial charge in [-0.2, -0.15) is 0 Å². The summed E-state index contributed by atoms with van der Waals surface area (Å²) >= 11 is 0. The molecule has 0 saturated heterocycles. The van der Waals surface area contributed by atoms with Crippen LogP contribution in [0.1, 0.15) is 12.5 Å². The summed E-state index contributed by atoms with van der Waals surface area (Å²) in [5, 5.41) is 10.9. The van der Waals surface area contributed by atoms with E-state index in [2.05, 4.69) is 0 Å². The van der Waals surface area contributed by atoms with Crippen molar-refractivity contribution in [2.45, 2.75) is 13.0 Å². The molecular weight excluding hydrogens is 304 g/mol. The largest absolute Gasteiger partial charge is 0.467 e. The molecule has 0 bridgehead atoms. The molecule has 1 aromatic carbocycles. The Morgan fingerprint density at radius 1 is 1.30 bits per heavy atom. The molecule has 1 aliphatic rings. The molecule has 8 heteroatoms. The predicted octanol–water partition coefficient (Wildman–Crippen LogP) is 1.53. The van der Waals surface area contributed by atoms with Crippen molar-refractivity contribution in [3.63, 3.8) is 0 Å². The van der Waals surface area contributed by atoms with Gasteiger partial charge in [0.15, 0.2) is 0 Å². The van der Waals surface area contributed by atoms with Crippen molar-refractivity contribution < 1.29 is 24.0 Å². The van der Waals surface area contributed by atoms with Gasteiger partial charge in [-0.05, 0) is 19.1 Å². The van der Waals surface area contributed by atoms with Crippen LogP contribution in [0.4, 0.5) is 11.4 Å². The van der Waals surface area contributed by atoms with E-state index in [1.54, 1.807) is 17.9 Å². The van der Waals surface area contributed by atoms with E-state index in [4.69, 9.17) is 9.47 Å². The molecule has 23 heavy (non-hydrogen) atoms. The number of methoxy groups -OCH3 is 2. The van der Waals surface area contributed by atoms with Gasteiger partial charge in [-0.1, -0.05) is 0 Å². The number of fused-ring (bicyclic) bond motifs is 1. The molecule has 1 aromatic rings. The lowest BCUT2D eigenvalue weighted by Crippen LogP contribution is -2.43. The number of nitrogens with zero attached hydrogens (tertiary/aromatic N) is 2. The fourth-order valence-electron chi connectivity index (χ4n) is 2.43. The fourth-order valence-corrected chi connectivity index (χ4v) is 2.43. The van der Waals surface area contributed by atoms with Crippen molar-refractivity contribution in [1.82, 2.24) is 0 Å². The van der Waals surface area contributed by atoms with E-state index in [1.165, 1.54) is 32.4 Å². The molecule has 0 spiro atoms. The van der Waals surface area contributed by atoms with Crippen molar-refractivity contribution in [3.8, 4) is 0 Å².